The first-order valence-corrected chi connectivity index (χ1v) is 12.0. The Morgan fingerprint density at radius 2 is 1.73 bits per heavy atom. The molecule has 1 rings (SSSR count). The Kier molecular flexibility index (Phi) is 6.56. The largest absolute Gasteiger partial charge is 0.410 e. The third-order valence-electron chi connectivity index (χ3n) is 4.39. The van der Waals surface area contributed by atoms with Crippen LogP contribution in [0.15, 0.2) is 29.2 Å². The molecule has 0 fully saturated rings. The van der Waals surface area contributed by atoms with Crippen LogP contribution in [0.3, 0.4) is 0 Å². The van der Waals surface area contributed by atoms with Gasteiger partial charge in [-0.25, -0.2) is 0 Å². The Morgan fingerprint density at radius 1 is 1.23 bits per heavy atom. The molecule has 0 saturated heterocycles. The van der Waals surface area contributed by atoms with E-state index in [1.165, 1.54) is 0 Å². The molecular weight excluding hydrogens is 312 g/mol. The third-order valence-corrected chi connectivity index (χ3v) is 10.3. The minimum absolute atomic E-state index is 0.0610. The molecule has 3 nitrogen and oxygen atoms in total. The minimum atomic E-state index is -2.00. The summed E-state index contributed by atoms with van der Waals surface area (Å²) in [6.45, 7) is 14.5. The molecule has 0 spiro atoms. The molecule has 1 aromatic rings. The average Bonchev–Trinajstić information content (AvgIpc) is 2.36. The molecule has 0 aliphatic heterocycles. The summed E-state index contributed by atoms with van der Waals surface area (Å²) in [5, 5.41) is 10.1. The number of hydrogen-bond acceptors (Lipinski definition) is 3. The summed E-state index contributed by atoms with van der Waals surface area (Å²) in [6, 6.07) is 7.69. The van der Waals surface area contributed by atoms with Crippen LogP contribution in [0.2, 0.25) is 18.1 Å². The van der Waals surface area contributed by atoms with Gasteiger partial charge in [0.05, 0.1) is 28.8 Å². The zero-order chi connectivity index (χ0) is 17.1. The lowest BCUT2D eigenvalue weighted by Crippen LogP contribution is -2.48. The van der Waals surface area contributed by atoms with E-state index in [9.17, 15) is 9.32 Å². The standard InChI is InChI=1S/C17H30O3SSi/c1-13-8-10-15(11-9-13)21(19)12-16(14(2)18)20-22(6,7)17(3,4)5/h8-11,14,16,18H,12H2,1-7H3/t14-,16-,21?/m1/s1. The Labute approximate surface area is 138 Å². The minimum Gasteiger partial charge on any atom is -0.410 e. The van der Waals surface area contributed by atoms with E-state index in [1.54, 1.807) is 6.92 Å². The number of aliphatic hydroxyl groups is 1. The first-order chi connectivity index (χ1) is 9.94. The van der Waals surface area contributed by atoms with Crippen molar-refractivity contribution in [2.45, 2.75) is 69.9 Å². The Bertz CT molecular complexity index is 504. The van der Waals surface area contributed by atoms with Crippen molar-refractivity contribution < 1.29 is 13.7 Å². The topological polar surface area (TPSA) is 46.5 Å². The number of aryl methyl sites for hydroxylation is 1. The molecule has 3 atom stereocenters. The molecule has 1 N–H and O–H groups in total. The van der Waals surface area contributed by atoms with Crippen LogP contribution >= 0.6 is 0 Å². The van der Waals surface area contributed by atoms with Crippen molar-refractivity contribution in [2.24, 2.45) is 0 Å². The number of hydrogen-bond donors (Lipinski definition) is 1. The monoisotopic (exact) mass is 342 g/mol. The van der Waals surface area contributed by atoms with E-state index in [-0.39, 0.29) is 5.04 Å². The highest BCUT2D eigenvalue weighted by Crippen LogP contribution is 2.37. The number of rotatable bonds is 6. The molecule has 0 radical (unpaired) electrons. The second-order valence-corrected chi connectivity index (χ2v) is 13.7. The van der Waals surface area contributed by atoms with E-state index in [0.717, 1.165) is 10.5 Å². The highest BCUT2D eigenvalue weighted by atomic mass is 32.2. The Morgan fingerprint density at radius 3 is 2.14 bits per heavy atom. The van der Waals surface area contributed by atoms with Gasteiger partial charge in [0.2, 0.25) is 0 Å². The van der Waals surface area contributed by atoms with E-state index in [2.05, 4.69) is 33.9 Å². The van der Waals surface area contributed by atoms with Gasteiger partial charge in [0, 0.05) is 4.90 Å². The SMILES string of the molecule is Cc1ccc(S(=O)C[C@@H](O[Si](C)(C)C(C)(C)C)[C@@H](C)O)cc1. The van der Waals surface area contributed by atoms with Crippen LogP contribution in [0.5, 0.6) is 0 Å². The van der Waals surface area contributed by atoms with Crippen LogP contribution in [0, 0.1) is 6.92 Å². The predicted octanol–water partition coefficient (Wildman–Crippen LogP) is 3.87. The van der Waals surface area contributed by atoms with Crippen molar-refractivity contribution >= 4 is 19.1 Å². The molecule has 0 aliphatic carbocycles. The molecule has 0 saturated carbocycles. The van der Waals surface area contributed by atoms with E-state index >= 15 is 0 Å². The first kappa shape index (κ1) is 19.6. The second-order valence-electron chi connectivity index (χ2n) is 7.48. The molecule has 1 aromatic carbocycles. The summed E-state index contributed by atoms with van der Waals surface area (Å²) in [6.07, 6.45) is -1.04. The normalized spacial score (nSPS) is 17.1. The summed E-state index contributed by atoms with van der Waals surface area (Å²) in [5.74, 6) is 0.327. The lowest BCUT2D eigenvalue weighted by atomic mass is 10.2. The van der Waals surface area contributed by atoms with Crippen LogP contribution in [-0.4, -0.2) is 35.6 Å². The summed E-state index contributed by atoms with van der Waals surface area (Å²) >= 11 is 0. The Balaban J connectivity index is 2.85. The molecule has 0 amide bonds. The molecular formula is C17H30O3SSi. The van der Waals surface area contributed by atoms with Gasteiger partial charge in [-0.15, -0.1) is 0 Å². The van der Waals surface area contributed by atoms with E-state index in [1.807, 2.05) is 31.2 Å². The Hall–Kier alpha value is -0.493. The zero-order valence-corrected chi connectivity index (χ0v) is 16.7. The van der Waals surface area contributed by atoms with Crippen molar-refractivity contribution in [1.29, 1.82) is 0 Å². The zero-order valence-electron chi connectivity index (χ0n) is 14.8. The van der Waals surface area contributed by atoms with Gasteiger partial charge in [-0.05, 0) is 44.1 Å². The summed E-state index contributed by atoms with van der Waals surface area (Å²) in [4.78, 5) is 0.787. The van der Waals surface area contributed by atoms with E-state index in [0.29, 0.717) is 5.75 Å². The fourth-order valence-electron chi connectivity index (χ4n) is 1.76. The molecule has 5 heteroatoms. The highest BCUT2D eigenvalue weighted by Gasteiger charge is 2.40. The quantitative estimate of drug-likeness (QED) is 0.798. The van der Waals surface area contributed by atoms with Crippen LogP contribution < -0.4 is 0 Å². The van der Waals surface area contributed by atoms with Crippen molar-refractivity contribution in [3.05, 3.63) is 29.8 Å². The molecule has 126 valence electrons. The summed E-state index contributed by atoms with van der Waals surface area (Å²) in [5.41, 5.74) is 1.14. The summed E-state index contributed by atoms with van der Waals surface area (Å²) < 4.78 is 18.8. The predicted molar refractivity (Wildman–Crippen MR) is 96.2 cm³/mol. The van der Waals surface area contributed by atoms with Gasteiger partial charge in [-0.2, -0.15) is 0 Å². The second kappa shape index (κ2) is 7.38. The van der Waals surface area contributed by atoms with Crippen LogP contribution in [0.25, 0.3) is 0 Å². The van der Waals surface area contributed by atoms with Gasteiger partial charge in [0.25, 0.3) is 0 Å². The fourth-order valence-corrected chi connectivity index (χ4v) is 4.55. The number of benzene rings is 1. The average molecular weight is 343 g/mol. The third kappa shape index (κ3) is 5.30. The van der Waals surface area contributed by atoms with E-state index < -0.39 is 31.3 Å². The molecule has 22 heavy (non-hydrogen) atoms. The molecule has 0 aliphatic rings. The molecule has 1 unspecified atom stereocenters. The lowest BCUT2D eigenvalue weighted by molar-refractivity contribution is 0.0536. The highest BCUT2D eigenvalue weighted by molar-refractivity contribution is 7.85. The van der Waals surface area contributed by atoms with Gasteiger partial charge >= 0.3 is 0 Å². The van der Waals surface area contributed by atoms with Gasteiger partial charge in [0.1, 0.15) is 0 Å². The van der Waals surface area contributed by atoms with Crippen LogP contribution in [-0.2, 0) is 15.2 Å². The fraction of sp³-hybridized carbons (Fsp3) is 0.647. The lowest BCUT2D eigenvalue weighted by Gasteiger charge is -2.40. The van der Waals surface area contributed by atoms with Crippen molar-refractivity contribution in [3.8, 4) is 0 Å². The van der Waals surface area contributed by atoms with Crippen LogP contribution in [0.4, 0.5) is 0 Å². The van der Waals surface area contributed by atoms with Crippen LogP contribution in [0.1, 0.15) is 33.3 Å². The smallest absolute Gasteiger partial charge is 0.192 e. The number of aliphatic hydroxyl groups excluding tert-OH is 1. The maximum absolute atomic E-state index is 12.5. The first-order valence-electron chi connectivity index (χ1n) is 7.75. The van der Waals surface area contributed by atoms with Gasteiger partial charge in [-0.3, -0.25) is 4.21 Å². The van der Waals surface area contributed by atoms with Crippen molar-refractivity contribution in [3.63, 3.8) is 0 Å². The van der Waals surface area contributed by atoms with Gasteiger partial charge in [0.15, 0.2) is 8.32 Å². The van der Waals surface area contributed by atoms with E-state index in [4.69, 9.17) is 4.43 Å². The summed E-state index contributed by atoms with van der Waals surface area (Å²) in [7, 11) is -3.17. The molecule has 0 bridgehead atoms. The maximum Gasteiger partial charge on any atom is 0.192 e. The van der Waals surface area contributed by atoms with Crippen molar-refractivity contribution in [2.75, 3.05) is 5.75 Å². The van der Waals surface area contributed by atoms with Crippen molar-refractivity contribution in [1.82, 2.24) is 0 Å². The van der Waals surface area contributed by atoms with Gasteiger partial charge < -0.3 is 9.53 Å². The maximum atomic E-state index is 12.5. The molecule has 0 aromatic heterocycles. The van der Waals surface area contributed by atoms with Gasteiger partial charge in [-0.1, -0.05) is 38.5 Å². The molecule has 0 heterocycles.